The van der Waals surface area contributed by atoms with E-state index in [4.69, 9.17) is 16.7 Å². The Morgan fingerprint density at radius 3 is 2.50 bits per heavy atom. The molecule has 0 amide bonds. The van der Waals surface area contributed by atoms with Crippen LogP contribution >= 0.6 is 11.6 Å². The molecule has 20 heavy (non-hydrogen) atoms. The largest absolute Gasteiger partial charge is 0.476 e. The van der Waals surface area contributed by atoms with E-state index < -0.39 is 5.97 Å². The lowest BCUT2D eigenvalue weighted by Crippen LogP contribution is -2.37. The molecular weight excluding hydrogens is 276 g/mol. The van der Waals surface area contributed by atoms with E-state index in [1.807, 2.05) is 30.3 Å². The first-order valence-electron chi connectivity index (χ1n) is 6.45. The van der Waals surface area contributed by atoms with Gasteiger partial charge in [-0.05, 0) is 18.4 Å². The Morgan fingerprint density at radius 1 is 1.25 bits per heavy atom. The molecular formula is C15H13ClN2O2. The predicted octanol–water partition coefficient (Wildman–Crippen LogP) is 3.30. The summed E-state index contributed by atoms with van der Waals surface area (Å²) in [5, 5.41) is 9.22. The van der Waals surface area contributed by atoms with Gasteiger partial charge in [0.15, 0.2) is 5.69 Å². The van der Waals surface area contributed by atoms with E-state index in [1.165, 1.54) is 6.20 Å². The van der Waals surface area contributed by atoms with Crippen molar-refractivity contribution in [3.8, 4) is 0 Å². The number of rotatable bonds is 3. The molecule has 3 rings (SSSR count). The normalized spacial score (nSPS) is 16.4. The summed E-state index contributed by atoms with van der Waals surface area (Å²) in [4.78, 5) is 19.7. The topological polar surface area (TPSA) is 63.1 Å². The fourth-order valence-corrected chi connectivity index (χ4v) is 2.85. The molecule has 0 aliphatic heterocycles. The van der Waals surface area contributed by atoms with Gasteiger partial charge in [0.1, 0.15) is 5.82 Å². The van der Waals surface area contributed by atoms with Crippen molar-refractivity contribution >= 4 is 17.6 Å². The van der Waals surface area contributed by atoms with Crippen molar-refractivity contribution in [1.82, 2.24) is 9.97 Å². The van der Waals surface area contributed by atoms with Crippen LogP contribution in [-0.2, 0) is 5.41 Å². The summed E-state index contributed by atoms with van der Waals surface area (Å²) in [6, 6.07) is 9.99. The first-order chi connectivity index (χ1) is 9.63. The number of halogens is 1. The minimum Gasteiger partial charge on any atom is -0.476 e. The molecule has 1 heterocycles. The summed E-state index contributed by atoms with van der Waals surface area (Å²) < 4.78 is 0. The van der Waals surface area contributed by atoms with Gasteiger partial charge in [0.25, 0.3) is 0 Å². The molecule has 0 unspecified atom stereocenters. The van der Waals surface area contributed by atoms with Crippen molar-refractivity contribution in [2.75, 3.05) is 0 Å². The van der Waals surface area contributed by atoms with Gasteiger partial charge in [-0.15, -0.1) is 0 Å². The Balaban J connectivity index is 2.11. The quantitative estimate of drug-likeness (QED) is 0.941. The van der Waals surface area contributed by atoms with Gasteiger partial charge in [0.05, 0.1) is 16.6 Å². The number of carboxylic acids is 1. The lowest BCUT2D eigenvalue weighted by Gasteiger charge is -2.41. The Kier molecular flexibility index (Phi) is 3.18. The monoisotopic (exact) mass is 288 g/mol. The SMILES string of the molecule is O=C(O)c1nc(C2(c3ccccc3)CCC2)ncc1Cl. The Hall–Kier alpha value is -1.94. The first kappa shape index (κ1) is 13.1. The number of carbonyl (C=O) groups is 1. The van der Waals surface area contributed by atoms with Crippen LogP contribution in [0.25, 0.3) is 0 Å². The van der Waals surface area contributed by atoms with Crippen LogP contribution in [0.2, 0.25) is 5.02 Å². The second kappa shape index (κ2) is 4.87. The highest BCUT2D eigenvalue weighted by Gasteiger charge is 2.43. The summed E-state index contributed by atoms with van der Waals surface area (Å²) in [6.45, 7) is 0. The van der Waals surface area contributed by atoms with Crippen LogP contribution in [0.3, 0.4) is 0 Å². The van der Waals surface area contributed by atoms with Gasteiger partial charge in [0, 0.05) is 0 Å². The van der Waals surface area contributed by atoms with E-state index in [-0.39, 0.29) is 16.1 Å². The van der Waals surface area contributed by atoms with E-state index in [0.717, 1.165) is 24.8 Å². The third kappa shape index (κ3) is 1.96. The molecule has 0 radical (unpaired) electrons. The molecule has 1 aromatic heterocycles. The van der Waals surface area contributed by atoms with Gasteiger partial charge in [-0.2, -0.15) is 0 Å². The smallest absolute Gasteiger partial charge is 0.356 e. The van der Waals surface area contributed by atoms with Crippen molar-refractivity contribution in [3.63, 3.8) is 0 Å². The highest BCUT2D eigenvalue weighted by atomic mass is 35.5. The van der Waals surface area contributed by atoms with Crippen LogP contribution in [0.15, 0.2) is 36.5 Å². The van der Waals surface area contributed by atoms with Gasteiger partial charge >= 0.3 is 5.97 Å². The van der Waals surface area contributed by atoms with Crippen molar-refractivity contribution < 1.29 is 9.90 Å². The second-order valence-corrected chi connectivity index (χ2v) is 5.40. The highest BCUT2D eigenvalue weighted by molar-refractivity contribution is 6.33. The average molecular weight is 289 g/mol. The number of carboxylic acid groups (broad SMARTS) is 1. The minimum atomic E-state index is -1.12. The molecule has 1 saturated carbocycles. The van der Waals surface area contributed by atoms with E-state index in [9.17, 15) is 4.79 Å². The molecule has 1 aromatic carbocycles. The lowest BCUT2D eigenvalue weighted by atomic mass is 9.64. The summed E-state index contributed by atoms with van der Waals surface area (Å²) in [7, 11) is 0. The molecule has 0 bridgehead atoms. The van der Waals surface area contributed by atoms with Crippen LogP contribution in [0.5, 0.6) is 0 Å². The number of hydrogen-bond acceptors (Lipinski definition) is 3. The molecule has 0 spiro atoms. The van der Waals surface area contributed by atoms with Crippen molar-refractivity contribution in [2.45, 2.75) is 24.7 Å². The van der Waals surface area contributed by atoms with Crippen molar-refractivity contribution in [3.05, 3.63) is 58.6 Å². The van der Waals surface area contributed by atoms with E-state index >= 15 is 0 Å². The summed E-state index contributed by atoms with van der Waals surface area (Å²) in [5.74, 6) is -0.571. The fraction of sp³-hybridized carbons (Fsp3) is 0.267. The van der Waals surface area contributed by atoms with Crippen LogP contribution < -0.4 is 0 Å². The van der Waals surface area contributed by atoms with Crippen molar-refractivity contribution in [1.29, 1.82) is 0 Å². The summed E-state index contributed by atoms with van der Waals surface area (Å²) in [6.07, 6.45) is 4.33. The number of benzene rings is 1. The van der Waals surface area contributed by atoms with Crippen molar-refractivity contribution in [2.24, 2.45) is 0 Å². The highest BCUT2D eigenvalue weighted by Crippen LogP contribution is 2.47. The Morgan fingerprint density at radius 2 is 1.95 bits per heavy atom. The maximum atomic E-state index is 11.2. The van der Waals surface area contributed by atoms with E-state index in [0.29, 0.717) is 5.82 Å². The molecule has 1 N–H and O–H groups in total. The lowest BCUT2D eigenvalue weighted by molar-refractivity contribution is 0.0689. The molecule has 5 heteroatoms. The Labute approximate surface area is 121 Å². The molecule has 4 nitrogen and oxygen atoms in total. The number of aromatic carboxylic acids is 1. The van der Waals surface area contributed by atoms with E-state index in [1.54, 1.807) is 0 Å². The fourth-order valence-electron chi connectivity index (χ4n) is 2.68. The maximum Gasteiger partial charge on any atom is 0.356 e. The van der Waals surface area contributed by atoms with Gasteiger partial charge in [-0.1, -0.05) is 48.4 Å². The van der Waals surface area contributed by atoms with Crippen LogP contribution in [0.4, 0.5) is 0 Å². The Bertz CT molecular complexity index is 654. The third-order valence-corrected chi connectivity index (χ3v) is 4.18. The second-order valence-electron chi connectivity index (χ2n) is 5.00. The number of aromatic nitrogens is 2. The third-order valence-electron chi connectivity index (χ3n) is 3.91. The van der Waals surface area contributed by atoms with Crippen LogP contribution in [0, 0.1) is 0 Å². The standard InChI is InChI=1S/C15H13ClN2O2/c16-11-9-17-14(18-12(11)13(19)20)15(7-4-8-15)10-5-2-1-3-6-10/h1-3,5-6,9H,4,7-8H2,(H,19,20). The minimum absolute atomic E-state index is 0.0729. The number of hydrogen-bond donors (Lipinski definition) is 1. The first-order valence-corrected chi connectivity index (χ1v) is 6.83. The van der Waals surface area contributed by atoms with E-state index in [2.05, 4.69) is 9.97 Å². The van der Waals surface area contributed by atoms with Gasteiger partial charge in [-0.25, -0.2) is 14.8 Å². The molecule has 0 saturated heterocycles. The van der Waals surface area contributed by atoms with Gasteiger partial charge < -0.3 is 5.11 Å². The molecule has 2 aromatic rings. The van der Waals surface area contributed by atoms with Crippen LogP contribution in [-0.4, -0.2) is 21.0 Å². The average Bonchev–Trinajstić information content (AvgIpc) is 2.40. The predicted molar refractivity (Wildman–Crippen MR) is 75.1 cm³/mol. The molecule has 0 atom stereocenters. The molecule has 1 aliphatic carbocycles. The van der Waals surface area contributed by atoms with Gasteiger partial charge in [0.2, 0.25) is 0 Å². The zero-order valence-corrected chi connectivity index (χ0v) is 11.5. The van der Waals surface area contributed by atoms with Gasteiger partial charge in [-0.3, -0.25) is 0 Å². The number of nitrogens with zero attached hydrogens (tertiary/aromatic N) is 2. The molecule has 102 valence electrons. The zero-order valence-electron chi connectivity index (χ0n) is 10.7. The van der Waals surface area contributed by atoms with Crippen LogP contribution in [0.1, 0.15) is 41.1 Å². The molecule has 1 fully saturated rings. The zero-order chi connectivity index (χ0) is 14.2. The summed E-state index contributed by atoms with van der Waals surface area (Å²) >= 11 is 5.84. The maximum absolute atomic E-state index is 11.2. The molecule has 1 aliphatic rings. The summed E-state index contributed by atoms with van der Waals surface area (Å²) in [5.41, 5.74) is 0.736.